The van der Waals surface area contributed by atoms with Crippen LogP contribution in [0.15, 0.2) is 102 Å². The lowest BCUT2D eigenvalue weighted by atomic mass is 10.00. The highest BCUT2D eigenvalue weighted by Gasteiger charge is 2.11. The van der Waals surface area contributed by atoms with Crippen molar-refractivity contribution >= 4 is 29.0 Å². The second-order valence-corrected chi connectivity index (χ2v) is 7.69. The summed E-state index contributed by atoms with van der Waals surface area (Å²) in [5.74, 6) is 1.33. The van der Waals surface area contributed by atoms with Crippen molar-refractivity contribution in [2.75, 3.05) is 5.32 Å². The molecule has 172 valence electrons. The average molecular weight is 461 g/mol. The van der Waals surface area contributed by atoms with Crippen molar-refractivity contribution in [1.82, 2.24) is 4.98 Å². The lowest BCUT2D eigenvalue weighted by Crippen LogP contribution is -1.98. The van der Waals surface area contributed by atoms with E-state index in [2.05, 4.69) is 28.1 Å². The first-order chi connectivity index (χ1) is 17.1. The number of aromatic nitrogens is 1. The number of aliphatic hydroxyl groups excluding tert-OH is 1. The molecule has 0 aliphatic carbocycles. The minimum Gasteiger partial charge on any atom is -0.458 e. The smallest absolute Gasteiger partial charge is 0.127 e. The van der Waals surface area contributed by atoms with Gasteiger partial charge in [-0.25, -0.2) is 0 Å². The highest BCUT2D eigenvalue weighted by molar-refractivity contribution is 5.98. The van der Waals surface area contributed by atoms with Crippen LogP contribution in [0.2, 0.25) is 0 Å². The molecule has 2 N–H and O–H groups in total. The van der Waals surface area contributed by atoms with Gasteiger partial charge in [0.2, 0.25) is 0 Å². The van der Waals surface area contributed by atoms with E-state index in [1.54, 1.807) is 18.5 Å². The number of aliphatic imine (C=N–C) groups is 1. The maximum absolute atomic E-state index is 9.75. The predicted octanol–water partition coefficient (Wildman–Crippen LogP) is 6.51. The maximum Gasteiger partial charge on any atom is 0.127 e. The van der Waals surface area contributed by atoms with Gasteiger partial charge in [0.15, 0.2) is 0 Å². The molecule has 0 unspecified atom stereocenters. The Labute approximate surface area is 204 Å². The number of allylic oxidation sites excluding steroid dienone is 2. The van der Waals surface area contributed by atoms with Gasteiger partial charge in [-0.3, -0.25) is 9.98 Å². The molecule has 0 amide bonds. The van der Waals surface area contributed by atoms with E-state index in [0.29, 0.717) is 22.8 Å². The number of rotatable bonds is 8. The topological polar surface area (TPSA) is 90.5 Å². The van der Waals surface area contributed by atoms with Gasteiger partial charge < -0.3 is 15.2 Å². The number of nitrogens with one attached hydrogen (secondary N) is 1. The van der Waals surface area contributed by atoms with Gasteiger partial charge >= 0.3 is 0 Å². The third-order valence-electron chi connectivity index (χ3n) is 5.42. The van der Waals surface area contributed by atoms with Crippen molar-refractivity contribution in [3.05, 3.63) is 108 Å². The number of fused-ring (bicyclic) bond motifs is 1. The fraction of sp³-hybridized carbons (Fsp3) is 0.0690. The second-order valence-electron chi connectivity index (χ2n) is 7.69. The van der Waals surface area contributed by atoms with E-state index in [-0.39, 0.29) is 6.61 Å². The second kappa shape index (κ2) is 10.9. The molecule has 0 bridgehead atoms. The SMILES string of the molecule is C=N/C=C\C(=C/C)Oc1ccc(Nc2c(C#N)cnc3ccc(-c4cccc(CO)c4)cc23)cc1. The Kier molecular flexibility index (Phi) is 7.31. The summed E-state index contributed by atoms with van der Waals surface area (Å²) in [5.41, 5.74) is 5.49. The largest absolute Gasteiger partial charge is 0.458 e. The fourth-order valence-corrected chi connectivity index (χ4v) is 3.64. The fourth-order valence-electron chi connectivity index (χ4n) is 3.64. The molecule has 4 rings (SSSR count). The Hall–Kier alpha value is -4.73. The molecule has 0 aliphatic heterocycles. The number of anilines is 2. The Morgan fingerprint density at radius 2 is 1.94 bits per heavy atom. The molecule has 0 saturated heterocycles. The van der Waals surface area contributed by atoms with Crippen LogP contribution in [0.3, 0.4) is 0 Å². The molecule has 0 radical (unpaired) electrons. The maximum atomic E-state index is 9.75. The van der Waals surface area contributed by atoms with Crippen LogP contribution in [0.25, 0.3) is 22.0 Å². The molecule has 6 nitrogen and oxygen atoms in total. The number of hydrogen-bond acceptors (Lipinski definition) is 6. The Morgan fingerprint density at radius 1 is 1.14 bits per heavy atom. The lowest BCUT2D eigenvalue weighted by molar-refractivity contribution is 0.282. The van der Waals surface area contributed by atoms with Crippen LogP contribution in [-0.2, 0) is 6.61 Å². The van der Waals surface area contributed by atoms with Crippen molar-refractivity contribution in [3.63, 3.8) is 0 Å². The van der Waals surface area contributed by atoms with Crippen LogP contribution in [0.4, 0.5) is 11.4 Å². The summed E-state index contributed by atoms with van der Waals surface area (Å²) in [7, 11) is 0. The molecule has 0 atom stereocenters. The first-order valence-electron chi connectivity index (χ1n) is 11.0. The highest BCUT2D eigenvalue weighted by atomic mass is 16.5. The molecule has 6 heteroatoms. The van der Waals surface area contributed by atoms with Gasteiger partial charge in [-0.2, -0.15) is 5.26 Å². The van der Waals surface area contributed by atoms with Gasteiger partial charge in [-0.15, -0.1) is 0 Å². The summed E-state index contributed by atoms with van der Waals surface area (Å²) in [5, 5.41) is 23.5. The van der Waals surface area contributed by atoms with Crippen LogP contribution in [0, 0.1) is 11.3 Å². The number of nitriles is 1. The average Bonchev–Trinajstić information content (AvgIpc) is 2.91. The minimum atomic E-state index is -0.0228. The van der Waals surface area contributed by atoms with Gasteiger partial charge in [-0.1, -0.05) is 24.3 Å². The third-order valence-corrected chi connectivity index (χ3v) is 5.42. The number of ether oxygens (including phenoxy) is 1. The minimum absolute atomic E-state index is 0.0228. The monoisotopic (exact) mass is 460 g/mol. The Morgan fingerprint density at radius 3 is 2.66 bits per heavy atom. The van der Waals surface area contributed by atoms with E-state index >= 15 is 0 Å². The molecular formula is C29H24N4O2. The van der Waals surface area contributed by atoms with E-state index in [1.165, 1.54) is 0 Å². The van der Waals surface area contributed by atoms with E-state index in [4.69, 9.17) is 4.74 Å². The van der Waals surface area contributed by atoms with E-state index in [0.717, 1.165) is 33.3 Å². The summed E-state index contributed by atoms with van der Waals surface area (Å²) in [4.78, 5) is 8.15. The number of nitrogens with zero attached hydrogens (tertiary/aromatic N) is 3. The van der Waals surface area contributed by atoms with Crippen molar-refractivity contribution < 1.29 is 9.84 Å². The number of hydrogen-bond donors (Lipinski definition) is 2. The summed E-state index contributed by atoms with van der Waals surface area (Å²) in [6, 6.07) is 23.4. The first kappa shape index (κ1) is 23.4. The van der Waals surface area contributed by atoms with E-state index < -0.39 is 0 Å². The summed E-state index contributed by atoms with van der Waals surface area (Å²) in [6.45, 7) is 5.28. The normalized spacial score (nSPS) is 11.4. The molecule has 3 aromatic carbocycles. The molecule has 0 aliphatic rings. The van der Waals surface area contributed by atoms with Gasteiger partial charge in [0.1, 0.15) is 17.6 Å². The lowest BCUT2D eigenvalue weighted by Gasteiger charge is -2.14. The van der Waals surface area contributed by atoms with Crippen molar-refractivity contribution in [1.29, 1.82) is 5.26 Å². The quantitative estimate of drug-likeness (QED) is 0.178. The molecule has 35 heavy (non-hydrogen) atoms. The van der Waals surface area contributed by atoms with Crippen LogP contribution in [-0.4, -0.2) is 16.8 Å². The van der Waals surface area contributed by atoms with Crippen molar-refractivity contribution in [2.24, 2.45) is 4.99 Å². The molecule has 0 saturated carbocycles. The van der Waals surface area contributed by atoms with Crippen molar-refractivity contribution in [3.8, 4) is 22.9 Å². The standard InChI is InChI=1S/C29H24N4O2/c1-3-25(13-14-31-2)35-26-10-8-24(9-11-26)33-29-23(17-30)18-32-28-12-7-22(16-27(28)29)21-6-4-5-20(15-21)19-34/h3-16,18,34H,2,19H2,1H3,(H,32,33)/b14-13-,25-3+. The Bertz CT molecular complexity index is 1460. The number of aliphatic hydroxyl groups is 1. The highest BCUT2D eigenvalue weighted by Crippen LogP contribution is 2.33. The number of pyridine rings is 1. The molecule has 1 aromatic heterocycles. The molecule has 0 fully saturated rings. The van der Waals surface area contributed by atoms with Gasteiger partial charge in [0.25, 0.3) is 0 Å². The van der Waals surface area contributed by atoms with Crippen LogP contribution >= 0.6 is 0 Å². The molecule has 0 spiro atoms. The summed E-state index contributed by atoms with van der Waals surface area (Å²) < 4.78 is 5.85. The number of benzene rings is 3. The Balaban J connectivity index is 1.68. The van der Waals surface area contributed by atoms with Crippen LogP contribution in [0.1, 0.15) is 18.1 Å². The first-order valence-corrected chi connectivity index (χ1v) is 11.0. The third kappa shape index (κ3) is 5.44. The molecule has 1 heterocycles. The van der Waals surface area contributed by atoms with Crippen LogP contribution in [0.5, 0.6) is 5.75 Å². The van der Waals surface area contributed by atoms with E-state index in [9.17, 15) is 10.4 Å². The van der Waals surface area contributed by atoms with Gasteiger partial charge in [-0.05, 0) is 84.9 Å². The summed E-state index contributed by atoms with van der Waals surface area (Å²) in [6.07, 6.45) is 6.71. The van der Waals surface area contributed by atoms with Gasteiger partial charge in [0.05, 0.1) is 23.4 Å². The van der Waals surface area contributed by atoms with Gasteiger partial charge in [0, 0.05) is 23.5 Å². The zero-order valence-electron chi connectivity index (χ0n) is 19.3. The molecule has 4 aromatic rings. The van der Waals surface area contributed by atoms with E-state index in [1.807, 2.05) is 79.7 Å². The zero-order valence-corrected chi connectivity index (χ0v) is 19.3. The molecular weight excluding hydrogens is 436 g/mol. The van der Waals surface area contributed by atoms with Crippen molar-refractivity contribution in [2.45, 2.75) is 13.5 Å². The predicted molar refractivity (Wildman–Crippen MR) is 141 cm³/mol. The van der Waals surface area contributed by atoms with Crippen LogP contribution < -0.4 is 10.1 Å². The zero-order chi connectivity index (χ0) is 24.6. The summed E-state index contributed by atoms with van der Waals surface area (Å²) >= 11 is 0.